The highest BCUT2D eigenvalue weighted by Gasteiger charge is 2.38. The van der Waals surface area contributed by atoms with Crippen LogP contribution >= 0.6 is 12.6 Å². The third-order valence-electron chi connectivity index (χ3n) is 5.85. The van der Waals surface area contributed by atoms with Crippen molar-refractivity contribution in [3.63, 3.8) is 0 Å². The topological polar surface area (TPSA) is 154 Å². The van der Waals surface area contributed by atoms with Crippen molar-refractivity contribution in [3.05, 3.63) is 65.7 Å². The normalized spacial score (nSPS) is 13.7. The van der Waals surface area contributed by atoms with Crippen LogP contribution < -0.4 is 10.6 Å². The molecule has 2 rings (SSSR count). The maximum absolute atomic E-state index is 14.1. The molecule has 11 nitrogen and oxygen atoms in total. The summed E-state index contributed by atoms with van der Waals surface area (Å²) in [6, 6.07) is 10.9. The fourth-order valence-corrected chi connectivity index (χ4v) is 4.35. The highest BCUT2D eigenvalue weighted by Crippen LogP contribution is 2.25. The molecule has 0 saturated carbocycles. The zero-order valence-corrected chi connectivity index (χ0v) is 26.4. The summed E-state index contributed by atoms with van der Waals surface area (Å²) in [5.74, 6) is -2.35. The van der Waals surface area contributed by atoms with Crippen molar-refractivity contribution in [3.8, 4) is 5.75 Å². The number of amides is 3. The lowest BCUT2D eigenvalue weighted by Crippen LogP contribution is -2.56. The molecular weight excluding hydrogens is 574 g/mol. The Balaban J connectivity index is 2.51. The second kappa shape index (κ2) is 15.6. The Bertz CT molecular complexity index is 1230. The van der Waals surface area contributed by atoms with E-state index >= 15 is 0 Å². The van der Waals surface area contributed by atoms with Crippen LogP contribution in [-0.4, -0.2) is 81.2 Å². The number of alkyl carbamates (subject to hydrolysis) is 1. The highest BCUT2D eigenvalue weighted by molar-refractivity contribution is 7.80. The molecular formula is C31H43N3O8S. The minimum Gasteiger partial charge on any atom is -0.508 e. The first-order valence-electron chi connectivity index (χ1n) is 13.9. The summed E-state index contributed by atoms with van der Waals surface area (Å²) in [5.41, 5.74) is -0.614. The molecule has 0 aliphatic carbocycles. The van der Waals surface area contributed by atoms with Crippen LogP contribution in [0.2, 0.25) is 0 Å². The van der Waals surface area contributed by atoms with E-state index in [-0.39, 0.29) is 30.0 Å². The van der Waals surface area contributed by atoms with E-state index in [1.165, 1.54) is 24.3 Å². The maximum Gasteiger partial charge on any atom is 0.408 e. The number of hydrogen-bond acceptors (Lipinski definition) is 9. The third-order valence-corrected chi connectivity index (χ3v) is 6.22. The van der Waals surface area contributed by atoms with Crippen molar-refractivity contribution in [1.82, 2.24) is 15.5 Å². The quantitative estimate of drug-likeness (QED) is 0.180. The SMILES string of the molecule is CC(C)(C)OC(=O)NC(CS)C(=O)N(CCO)C(C(=O)NC(Cc1ccccc1)C(=O)OC(C)(C)C)c1ccc(O)cc1. The van der Waals surface area contributed by atoms with Crippen LogP contribution in [0.4, 0.5) is 4.79 Å². The van der Waals surface area contributed by atoms with Gasteiger partial charge in [0.15, 0.2) is 0 Å². The van der Waals surface area contributed by atoms with Gasteiger partial charge in [-0.05, 0) is 64.8 Å². The van der Waals surface area contributed by atoms with Gasteiger partial charge in [0.1, 0.15) is 35.1 Å². The number of aliphatic hydroxyl groups excluding tert-OH is 1. The monoisotopic (exact) mass is 617 g/mol. The van der Waals surface area contributed by atoms with E-state index in [4.69, 9.17) is 9.47 Å². The largest absolute Gasteiger partial charge is 0.508 e. The van der Waals surface area contributed by atoms with Crippen LogP contribution in [0.15, 0.2) is 54.6 Å². The summed E-state index contributed by atoms with van der Waals surface area (Å²) >= 11 is 4.23. The van der Waals surface area contributed by atoms with Gasteiger partial charge in [-0.25, -0.2) is 9.59 Å². The first kappa shape index (κ1) is 35.4. The van der Waals surface area contributed by atoms with Crippen LogP contribution in [0, 0.1) is 0 Å². The smallest absolute Gasteiger partial charge is 0.408 e. The van der Waals surface area contributed by atoms with Crippen LogP contribution in [0.1, 0.15) is 58.7 Å². The lowest BCUT2D eigenvalue weighted by Gasteiger charge is -2.34. The summed E-state index contributed by atoms with van der Waals surface area (Å²) in [7, 11) is 0. The molecule has 0 bridgehead atoms. The minimum atomic E-state index is -1.37. The lowest BCUT2D eigenvalue weighted by atomic mass is 10.0. The molecule has 0 spiro atoms. The van der Waals surface area contributed by atoms with E-state index in [2.05, 4.69) is 23.3 Å². The van der Waals surface area contributed by atoms with Crippen molar-refractivity contribution in [2.24, 2.45) is 0 Å². The number of hydrogen-bond donors (Lipinski definition) is 5. The number of nitrogens with one attached hydrogen (secondary N) is 2. The molecule has 4 N–H and O–H groups in total. The Labute approximate surface area is 258 Å². The number of thiol groups is 1. The van der Waals surface area contributed by atoms with Gasteiger partial charge in [-0.15, -0.1) is 0 Å². The van der Waals surface area contributed by atoms with E-state index in [0.29, 0.717) is 0 Å². The Morgan fingerprint density at radius 3 is 1.95 bits per heavy atom. The van der Waals surface area contributed by atoms with Crippen molar-refractivity contribution in [2.45, 2.75) is 77.3 Å². The number of nitrogens with zero attached hydrogens (tertiary/aromatic N) is 1. The highest BCUT2D eigenvalue weighted by atomic mass is 32.1. The average molecular weight is 618 g/mol. The Hall–Kier alpha value is -3.77. The molecule has 0 aliphatic heterocycles. The van der Waals surface area contributed by atoms with Crippen molar-refractivity contribution in [2.75, 3.05) is 18.9 Å². The number of carbonyl (C=O) groups excluding carboxylic acids is 4. The number of carbonyl (C=O) groups is 4. The van der Waals surface area contributed by atoms with E-state index in [9.17, 15) is 29.4 Å². The standard InChI is InChI=1S/C31H43N3O8S/c1-30(2,3)41-28(39)23(18-20-10-8-7-9-11-20)32-26(37)25(21-12-14-22(36)15-13-21)34(16-17-35)27(38)24(19-43)33-29(40)42-31(4,5)6/h7-15,23-25,35-36,43H,16-19H2,1-6H3,(H,32,37)(H,33,40). The summed E-state index contributed by atoms with van der Waals surface area (Å²) in [6.07, 6.45) is -0.751. The molecule has 12 heteroatoms. The molecule has 43 heavy (non-hydrogen) atoms. The number of phenolic OH excluding ortho intramolecular Hbond substituents is 1. The minimum absolute atomic E-state index is 0.0709. The molecule has 3 atom stereocenters. The molecule has 0 saturated heterocycles. The van der Waals surface area contributed by atoms with E-state index in [1.54, 1.807) is 53.7 Å². The van der Waals surface area contributed by atoms with Crippen LogP contribution in [0.5, 0.6) is 5.75 Å². The van der Waals surface area contributed by atoms with Gasteiger partial charge in [-0.3, -0.25) is 9.59 Å². The fraction of sp³-hybridized carbons (Fsp3) is 0.484. The number of esters is 1. The number of ether oxygens (including phenoxy) is 2. The molecule has 0 radical (unpaired) electrons. The molecule has 236 valence electrons. The molecule has 0 aromatic heterocycles. The molecule has 2 aromatic rings. The zero-order valence-electron chi connectivity index (χ0n) is 25.5. The van der Waals surface area contributed by atoms with Gasteiger partial charge >= 0.3 is 12.1 Å². The number of benzene rings is 2. The number of aromatic hydroxyl groups is 1. The van der Waals surface area contributed by atoms with Gasteiger partial charge < -0.3 is 35.2 Å². The first-order chi connectivity index (χ1) is 20.0. The third kappa shape index (κ3) is 11.8. The Kier molecular flexibility index (Phi) is 12.9. The van der Waals surface area contributed by atoms with Gasteiger partial charge in [0.05, 0.1) is 6.61 Å². The van der Waals surface area contributed by atoms with E-state index < -0.39 is 59.8 Å². The van der Waals surface area contributed by atoms with Gasteiger partial charge in [-0.2, -0.15) is 12.6 Å². The van der Waals surface area contributed by atoms with Crippen molar-refractivity contribution < 1.29 is 38.9 Å². The van der Waals surface area contributed by atoms with Gasteiger partial charge in [0.25, 0.3) is 0 Å². The van der Waals surface area contributed by atoms with Crippen molar-refractivity contribution >= 4 is 36.5 Å². The molecule has 3 unspecified atom stereocenters. The second-order valence-corrected chi connectivity index (χ2v) is 12.3. The summed E-state index contributed by atoms with van der Waals surface area (Å²) in [6.45, 7) is 9.33. The molecule has 0 fully saturated rings. The Morgan fingerprint density at radius 1 is 0.860 bits per heavy atom. The lowest BCUT2D eigenvalue weighted by molar-refractivity contribution is -0.159. The molecule has 2 aromatic carbocycles. The summed E-state index contributed by atoms with van der Waals surface area (Å²) in [5, 5.41) is 25.0. The second-order valence-electron chi connectivity index (χ2n) is 11.9. The molecule has 0 aliphatic rings. The predicted molar refractivity (Wildman–Crippen MR) is 165 cm³/mol. The average Bonchev–Trinajstić information content (AvgIpc) is 2.90. The van der Waals surface area contributed by atoms with Gasteiger partial charge in [-0.1, -0.05) is 42.5 Å². The van der Waals surface area contributed by atoms with E-state index in [1.807, 2.05) is 18.2 Å². The van der Waals surface area contributed by atoms with Crippen LogP contribution in [0.25, 0.3) is 0 Å². The van der Waals surface area contributed by atoms with Crippen LogP contribution in [-0.2, 0) is 30.3 Å². The predicted octanol–water partition coefficient (Wildman–Crippen LogP) is 3.15. The number of phenols is 1. The van der Waals surface area contributed by atoms with Crippen molar-refractivity contribution in [1.29, 1.82) is 0 Å². The number of rotatable bonds is 12. The fourth-order valence-electron chi connectivity index (χ4n) is 4.11. The number of aliphatic hydroxyl groups is 1. The van der Waals surface area contributed by atoms with Crippen LogP contribution in [0.3, 0.4) is 0 Å². The molecule has 3 amide bonds. The maximum atomic E-state index is 14.1. The Morgan fingerprint density at radius 2 is 1.44 bits per heavy atom. The van der Waals surface area contributed by atoms with Gasteiger partial charge in [0, 0.05) is 18.7 Å². The summed E-state index contributed by atoms with van der Waals surface area (Å²) < 4.78 is 10.9. The molecule has 0 heterocycles. The van der Waals surface area contributed by atoms with Gasteiger partial charge in [0.2, 0.25) is 11.8 Å². The summed E-state index contributed by atoms with van der Waals surface area (Å²) in [4.78, 5) is 54.7. The van der Waals surface area contributed by atoms with E-state index in [0.717, 1.165) is 10.5 Å². The zero-order chi connectivity index (χ0) is 32.4. The first-order valence-corrected chi connectivity index (χ1v) is 14.6.